The van der Waals surface area contributed by atoms with Crippen molar-refractivity contribution in [1.29, 1.82) is 0 Å². The molecular formula is C8H16O2Si. The number of hydrogen-bond acceptors (Lipinski definition) is 2. The molecule has 1 fully saturated rings. The van der Waals surface area contributed by atoms with Gasteiger partial charge in [-0.05, 0) is 18.1 Å². The van der Waals surface area contributed by atoms with E-state index in [4.69, 9.17) is 4.43 Å². The molecule has 0 radical (unpaired) electrons. The molecule has 0 saturated carbocycles. The summed E-state index contributed by atoms with van der Waals surface area (Å²) in [5.74, 6) is -0.0691. The minimum Gasteiger partial charge on any atom is -0.519 e. The van der Waals surface area contributed by atoms with Gasteiger partial charge in [-0.2, -0.15) is 0 Å². The summed E-state index contributed by atoms with van der Waals surface area (Å²) < 4.78 is 5.45. The summed E-state index contributed by atoms with van der Waals surface area (Å²) in [6.45, 7) is 3.68. The molecule has 64 valence electrons. The summed E-state index contributed by atoms with van der Waals surface area (Å²) in [7, 11) is -1.52. The van der Waals surface area contributed by atoms with Crippen LogP contribution >= 0.6 is 0 Å². The first-order valence-corrected chi connectivity index (χ1v) is 6.91. The largest absolute Gasteiger partial charge is 0.519 e. The molecule has 0 aromatic carbocycles. The first-order chi connectivity index (χ1) is 5.18. The molecule has 0 spiro atoms. The van der Waals surface area contributed by atoms with E-state index in [1.54, 1.807) is 0 Å². The molecule has 0 bridgehead atoms. The Balaban J connectivity index is 2.52. The van der Waals surface area contributed by atoms with Crippen LogP contribution in [0.2, 0.25) is 18.1 Å². The van der Waals surface area contributed by atoms with Gasteiger partial charge in [-0.15, -0.1) is 0 Å². The van der Waals surface area contributed by atoms with Crippen molar-refractivity contribution in [1.82, 2.24) is 0 Å². The van der Waals surface area contributed by atoms with E-state index in [1.807, 2.05) is 0 Å². The van der Waals surface area contributed by atoms with Crippen molar-refractivity contribution in [2.75, 3.05) is 0 Å². The Morgan fingerprint density at radius 3 is 2.36 bits per heavy atom. The van der Waals surface area contributed by atoms with Crippen LogP contribution in [0.4, 0.5) is 0 Å². The highest BCUT2D eigenvalue weighted by Gasteiger charge is 2.38. The predicted molar refractivity (Wildman–Crippen MR) is 46.8 cm³/mol. The fourth-order valence-corrected chi connectivity index (χ4v) is 5.56. The molecule has 0 atom stereocenters. The van der Waals surface area contributed by atoms with Crippen LogP contribution < -0.4 is 0 Å². The lowest BCUT2D eigenvalue weighted by atomic mass is 10.4. The Kier molecular flexibility index (Phi) is 2.71. The highest BCUT2D eigenvalue weighted by molar-refractivity contribution is 6.75. The van der Waals surface area contributed by atoms with Gasteiger partial charge in [-0.3, -0.25) is 4.79 Å². The van der Waals surface area contributed by atoms with Crippen LogP contribution in [0.25, 0.3) is 0 Å². The van der Waals surface area contributed by atoms with E-state index < -0.39 is 8.32 Å². The predicted octanol–water partition coefficient (Wildman–Crippen LogP) is 2.31. The van der Waals surface area contributed by atoms with Gasteiger partial charge in [0.25, 0.3) is 14.3 Å². The molecular weight excluding hydrogens is 156 g/mol. The minimum atomic E-state index is -1.52. The molecule has 0 aliphatic carbocycles. The van der Waals surface area contributed by atoms with Gasteiger partial charge in [0.15, 0.2) is 0 Å². The zero-order valence-corrected chi connectivity index (χ0v) is 8.35. The molecule has 11 heavy (non-hydrogen) atoms. The van der Waals surface area contributed by atoms with Crippen molar-refractivity contribution in [3.8, 4) is 0 Å². The third-order valence-electron chi connectivity index (χ3n) is 2.52. The summed E-state index contributed by atoms with van der Waals surface area (Å²) in [5, 5.41) is 0. The third kappa shape index (κ3) is 2.06. The van der Waals surface area contributed by atoms with Crippen molar-refractivity contribution < 1.29 is 9.22 Å². The second kappa shape index (κ2) is 3.39. The highest BCUT2D eigenvalue weighted by Crippen LogP contribution is 2.33. The van der Waals surface area contributed by atoms with Gasteiger partial charge in [0.2, 0.25) is 0 Å². The molecule has 1 heterocycles. The number of carbonyl (C=O) groups is 1. The van der Waals surface area contributed by atoms with Gasteiger partial charge in [-0.25, -0.2) is 0 Å². The molecule has 0 aromatic rings. The zero-order valence-electron chi connectivity index (χ0n) is 7.35. The van der Waals surface area contributed by atoms with E-state index in [1.165, 1.54) is 31.9 Å². The smallest absolute Gasteiger partial charge is 0.289 e. The van der Waals surface area contributed by atoms with E-state index in [0.29, 0.717) is 0 Å². The molecule has 1 saturated heterocycles. The molecule has 0 amide bonds. The molecule has 2 nitrogen and oxygen atoms in total. The van der Waals surface area contributed by atoms with Gasteiger partial charge >= 0.3 is 0 Å². The summed E-state index contributed by atoms with van der Waals surface area (Å²) in [5.41, 5.74) is 0. The molecule has 1 rings (SSSR count). The summed E-state index contributed by atoms with van der Waals surface area (Å²) in [6, 6.07) is 3.50. The standard InChI is InChI=1S/C8H16O2Si/c1-3-11(10-8(2)9)6-4-5-7-11/h3-7H2,1-2H3. The minimum absolute atomic E-state index is 0.0691. The third-order valence-corrected chi connectivity index (χ3v) is 7.06. The molecule has 0 N–H and O–H groups in total. The molecule has 3 heteroatoms. The van der Waals surface area contributed by atoms with Crippen molar-refractivity contribution in [2.24, 2.45) is 0 Å². The molecule has 0 aromatic heterocycles. The lowest BCUT2D eigenvalue weighted by Gasteiger charge is -2.23. The Morgan fingerprint density at radius 1 is 1.45 bits per heavy atom. The van der Waals surface area contributed by atoms with E-state index in [2.05, 4.69) is 6.92 Å². The Bertz CT molecular complexity index is 150. The second-order valence-electron chi connectivity index (χ2n) is 3.34. The topological polar surface area (TPSA) is 26.3 Å². The average molecular weight is 172 g/mol. The monoisotopic (exact) mass is 172 g/mol. The van der Waals surface area contributed by atoms with Crippen LogP contribution in [0.15, 0.2) is 0 Å². The maximum atomic E-state index is 10.8. The van der Waals surface area contributed by atoms with Crippen molar-refractivity contribution >= 4 is 14.3 Å². The number of carbonyl (C=O) groups excluding carboxylic acids is 1. The first-order valence-electron chi connectivity index (χ1n) is 4.38. The number of rotatable bonds is 2. The first kappa shape index (κ1) is 8.78. The molecule has 1 aliphatic heterocycles. The Labute approximate surface area is 69.1 Å². The van der Waals surface area contributed by atoms with Crippen LogP contribution in [0.5, 0.6) is 0 Å². The van der Waals surface area contributed by atoms with E-state index in [0.717, 1.165) is 6.04 Å². The van der Waals surface area contributed by atoms with Gasteiger partial charge < -0.3 is 4.43 Å². The van der Waals surface area contributed by atoms with Crippen LogP contribution in [0.1, 0.15) is 26.7 Å². The highest BCUT2D eigenvalue weighted by atomic mass is 28.4. The normalized spacial score (nSPS) is 21.6. The van der Waals surface area contributed by atoms with Gasteiger partial charge in [0.05, 0.1) is 0 Å². The Hall–Kier alpha value is -0.313. The SMILES string of the molecule is CC[Si]1(OC(C)=O)CCCC1. The quantitative estimate of drug-likeness (QED) is 0.597. The lowest BCUT2D eigenvalue weighted by molar-refractivity contribution is -0.132. The summed E-state index contributed by atoms with van der Waals surface area (Å²) >= 11 is 0. The van der Waals surface area contributed by atoms with Crippen molar-refractivity contribution in [3.63, 3.8) is 0 Å². The van der Waals surface area contributed by atoms with Crippen LogP contribution in [-0.2, 0) is 9.22 Å². The molecule has 1 aliphatic rings. The second-order valence-corrected chi connectivity index (χ2v) is 7.61. The average Bonchev–Trinajstić information content (AvgIpc) is 2.36. The van der Waals surface area contributed by atoms with Crippen LogP contribution in [0.3, 0.4) is 0 Å². The van der Waals surface area contributed by atoms with E-state index >= 15 is 0 Å². The van der Waals surface area contributed by atoms with Gasteiger partial charge in [0.1, 0.15) is 0 Å². The van der Waals surface area contributed by atoms with Gasteiger partial charge in [0, 0.05) is 6.92 Å². The van der Waals surface area contributed by atoms with E-state index in [9.17, 15) is 4.79 Å². The van der Waals surface area contributed by atoms with Gasteiger partial charge in [-0.1, -0.05) is 19.8 Å². The number of hydrogen-bond donors (Lipinski definition) is 0. The van der Waals surface area contributed by atoms with Crippen molar-refractivity contribution in [3.05, 3.63) is 0 Å². The zero-order chi connectivity index (χ0) is 8.32. The lowest BCUT2D eigenvalue weighted by Crippen LogP contribution is -2.35. The maximum absolute atomic E-state index is 10.8. The fourth-order valence-electron chi connectivity index (χ4n) is 1.85. The van der Waals surface area contributed by atoms with Crippen molar-refractivity contribution in [2.45, 2.75) is 44.8 Å². The van der Waals surface area contributed by atoms with E-state index in [-0.39, 0.29) is 5.97 Å². The Morgan fingerprint density at radius 2 is 2.00 bits per heavy atom. The summed E-state index contributed by atoms with van der Waals surface area (Å²) in [4.78, 5) is 10.8. The molecule has 0 unspecified atom stereocenters. The summed E-state index contributed by atoms with van der Waals surface area (Å²) in [6.07, 6.45) is 2.54. The fraction of sp³-hybridized carbons (Fsp3) is 0.875. The van der Waals surface area contributed by atoms with Crippen LogP contribution in [-0.4, -0.2) is 14.3 Å². The van der Waals surface area contributed by atoms with Crippen LogP contribution in [0, 0.1) is 0 Å². The maximum Gasteiger partial charge on any atom is 0.289 e.